The summed E-state index contributed by atoms with van der Waals surface area (Å²) in [5.41, 5.74) is 1.01. The Morgan fingerprint density at radius 3 is 2.42 bits per heavy atom. The average Bonchev–Trinajstić information content (AvgIpc) is 2.53. The maximum atomic E-state index is 11.9. The van der Waals surface area contributed by atoms with Crippen molar-refractivity contribution in [2.45, 2.75) is 25.5 Å². The van der Waals surface area contributed by atoms with Crippen LogP contribution in [0.2, 0.25) is 10.0 Å². The SMILES string of the molecule is C[C@@H](NC(=O)COc1cc(Cl)cc(Cl)c1)[C@H](O)Cc1ccccc1. The molecule has 2 atom stereocenters. The highest BCUT2D eigenvalue weighted by Gasteiger charge is 2.17. The Kier molecular flexibility index (Phi) is 6.91. The van der Waals surface area contributed by atoms with Gasteiger partial charge < -0.3 is 15.2 Å². The molecule has 2 aromatic rings. The third-order valence-electron chi connectivity index (χ3n) is 3.46. The first kappa shape index (κ1) is 18.6. The highest BCUT2D eigenvalue weighted by Crippen LogP contribution is 2.24. The van der Waals surface area contributed by atoms with Crippen molar-refractivity contribution >= 4 is 29.1 Å². The summed E-state index contributed by atoms with van der Waals surface area (Å²) in [6, 6.07) is 13.9. The van der Waals surface area contributed by atoms with E-state index in [9.17, 15) is 9.90 Å². The molecule has 0 saturated heterocycles. The average molecular weight is 368 g/mol. The Balaban J connectivity index is 1.80. The molecule has 24 heavy (non-hydrogen) atoms. The van der Waals surface area contributed by atoms with Gasteiger partial charge in [-0.3, -0.25) is 4.79 Å². The molecule has 4 nitrogen and oxygen atoms in total. The topological polar surface area (TPSA) is 58.6 Å². The van der Waals surface area contributed by atoms with E-state index in [1.54, 1.807) is 25.1 Å². The normalized spacial score (nSPS) is 13.2. The van der Waals surface area contributed by atoms with Crippen LogP contribution in [0.25, 0.3) is 0 Å². The van der Waals surface area contributed by atoms with E-state index in [4.69, 9.17) is 27.9 Å². The number of benzene rings is 2. The van der Waals surface area contributed by atoms with Crippen molar-refractivity contribution in [1.29, 1.82) is 0 Å². The van der Waals surface area contributed by atoms with E-state index < -0.39 is 12.1 Å². The molecule has 0 heterocycles. The van der Waals surface area contributed by atoms with Crippen molar-refractivity contribution in [2.24, 2.45) is 0 Å². The Bertz CT molecular complexity index is 659. The fraction of sp³-hybridized carbons (Fsp3) is 0.278. The van der Waals surface area contributed by atoms with Crippen molar-refractivity contribution < 1.29 is 14.6 Å². The molecule has 0 unspecified atom stereocenters. The van der Waals surface area contributed by atoms with E-state index in [0.717, 1.165) is 5.56 Å². The van der Waals surface area contributed by atoms with Gasteiger partial charge in [-0.25, -0.2) is 0 Å². The molecule has 0 aliphatic carbocycles. The zero-order chi connectivity index (χ0) is 17.5. The molecule has 0 radical (unpaired) electrons. The van der Waals surface area contributed by atoms with Crippen molar-refractivity contribution in [3.63, 3.8) is 0 Å². The molecule has 2 N–H and O–H groups in total. The second kappa shape index (κ2) is 8.92. The number of ether oxygens (including phenoxy) is 1. The zero-order valence-electron chi connectivity index (χ0n) is 13.2. The van der Waals surface area contributed by atoms with E-state index in [0.29, 0.717) is 22.2 Å². The zero-order valence-corrected chi connectivity index (χ0v) is 14.7. The Morgan fingerprint density at radius 2 is 1.79 bits per heavy atom. The van der Waals surface area contributed by atoms with Crippen LogP contribution < -0.4 is 10.1 Å². The van der Waals surface area contributed by atoms with Crippen LogP contribution in [0, 0.1) is 0 Å². The number of aliphatic hydroxyl groups is 1. The number of hydrogen-bond donors (Lipinski definition) is 2. The first-order valence-electron chi connectivity index (χ1n) is 7.54. The highest BCUT2D eigenvalue weighted by molar-refractivity contribution is 6.34. The van der Waals surface area contributed by atoms with Gasteiger partial charge in [0.1, 0.15) is 5.75 Å². The van der Waals surface area contributed by atoms with Crippen molar-refractivity contribution in [3.8, 4) is 5.75 Å². The lowest BCUT2D eigenvalue weighted by Gasteiger charge is -2.20. The first-order chi connectivity index (χ1) is 11.4. The van der Waals surface area contributed by atoms with Gasteiger partial charge in [0.25, 0.3) is 5.91 Å². The van der Waals surface area contributed by atoms with Crippen LogP contribution in [0.3, 0.4) is 0 Å². The molecule has 0 spiro atoms. The van der Waals surface area contributed by atoms with Gasteiger partial charge in [-0.1, -0.05) is 53.5 Å². The van der Waals surface area contributed by atoms with Crippen LogP contribution in [-0.2, 0) is 11.2 Å². The molecule has 0 aliphatic rings. The van der Waals surface area contributed by atoms with Crippen LogP contribution in [0.1, 0.15) is 12.5 Å². The third-order valence-corrected chi connectivity index (χ3v) is 3.90. The van der Waals surface area contributed by atoms with Gasteiger partial charge >= 0.3 is 0 Å². The maximum absolute atomic E-state index is 11.9. The number of nitrogens with one attached hydrogen (secondary N) is 1. The summed E-state index contributed by atoms with van der Waals surface area (Å²) in [4.78, 5) is 11.9. The summed E-state index contributed by atoms with van der Waals surface area (Å²) in [7, 11) is 0. The molecule has 2 aromatic carbocycles. The quantitative estimate of drug-likeness (QED) is 0.787. The molecule has 0 saturated carbocycles. The molecular formula is C18H19Cl2NO3. The van der Waals surface area contributed by atoms with Crippen LogP contribution in [0.5, 0.6) is 5.75 Å². The molecule has 0 aliphatic heterocycles. The minimum atomic E-state index is -0.683. The van der Waals surface area contributed by atoms with E-state index in [-0.39, 0.29) is 12.5 Å². The lowest BCUT2D eigenvalue weighted by molar-refractivity contribution is -0.124. The lowest BCUT2D eigenvalue weighted by atomic mass is 10.0. The molecular weight excluding hydrogens is 349 g/mol. The van der Waals surface area contributed by atoms with Gasteiger partial charge in [0, 0.05) is 16.5 Å². The number of hydrogen-bond acceptors (Lipinski definition) is 3. The van der Waals surface area contributed by atoms with E-state index in [1.807, 2.05) is 30.3 Å². The molecule has 0 bridgehead atoms. The molecule has 0 fully saturated rings. The maximum Gasteiger partial charge on any atom is 0.258 e. The van der Waals surface area contributed by atoms with Gasteiger partial charge in [-0.05, 0) is 30.7 Å². The first-order valence-corrected chi connectivity index (χ1v) is 8.30. The summed E-state index contributed by atoms with van der Waals surface area (Å²) in [5, 5.41) is 13.8. The number of aliphatic hydroxyl groups excluding tert-OH is 1. The number of carbonyl (C=O) groups is 1. The van der Waals surface area contributed by atoms with Gasteiger partial charge in [0.2, 0.25) is 0 Å². The van der Waals surface area contributed by atoms with Gasteiger partial charge in [0.15, 0.2) is 6.61 Å². The van der Waals surface area contributed by atoms with Crippen LogP contribution >= 0.6 is 23.2 Å². The smallest absolute Gasteiger partial charge is 0.258 e. The summed E-state index contributed by atoms with van der Waals surface area (Å²) in [6.07, 6.45) is -0.218. The summed E-state index contributed by atoms with van der Waals surface area (Å²) < 4.78 is 5.37. The molecule has 6 heteroatoms. The Hall–Kier alpha value is -1.75. The summed E-state index contributed by atoms with van der Waals surface area (Å²) in [5.74, 6) is 0.0887. The lowest BCUT2D eigenvalue weighted by Crippen LogP contribution is -2.44. The Morgan fingerprint density at radius 1 is 1.17 bits per heavy atom. The van der Waals surface area contributed by atoms with Crippen molar-refractivity contribution in [1.82, 2.24) is 5.32 Å². The highest BCUT2D eigenvalue weighted by atomic mass is 35.5. The predicted octanol–water partition coefficient (Wildman–Crippen LogP) is 3.48. The standard InChI is InChI=1S/C18H19Cl2NO3/c1-12(17(22)7-13-5-3-2-4-6-13)21-18(23)11-24-16-9-14(19)8-15(20)10-16/h2-6,8-10,12,17,22H,7,11H2,1H3,(H,21,23)/t12-,17-/m1/s1. The number of halogens is 2. The predicted molar refractivity (Wildman–Crippen MR) is 95.7 cm³/mol. The molecule has 128 valence electrons. The van der Waals surface area contributed by atoms with E-state index in [2.05, 4.69) is 5.32 Å². The summed E-state index contributed by atoms with van der Waals surface area (Å²) >= 11 is 11.7. The fourth-order valence-electron chi connectivity index (χ4n) is 2.18. The van der Waals surface area contributed by atoms with Crippen LogP contribution in [-0.4, -0.2) is 29.8 Å². The second-order valence-corrected chi connectivity index (χ2v) is 6.38. The second-order valence-electron chi connectivity index (χ2n) is 5.51. The van der Waals surface area contributed by atoms with E-state index in [1.165, 1.54) is 0 Å². The number of amides is 1. The van der Waals surface area contributed by atoms with Gasteiger partial charge in [-0.15, -0.1) is 0 Å². The van der Waals surface area contributed by atoms with Gasteiger partial charge in [0.05, 0.1) is 12.1 Å². The number of carbonyl (C=O) groups excluding carboxylic acids is 1. The van der Waals surface area contributed by atoms with E-state index >= 15 is 0 Å². The van der Waals surface area contributed by atoms with Crippen molar-refractivity contribution in [2.75, 3.05) is 6.61 Å². The van der Waals surface area contributed by atoms with Crippen LogP contribution in [0.4, 0.5) is 0 Å². The minimum Gasteiger partial charge on any atom is -0.484 e. The monoisotopic (exact) mass is 367 g/mol. The largest absolute Gasteiger partial charge is 0.484 e. The third kappa shape index (κ3) is 6.04. The number of rotatable bonds is 7. The molecule has 2 rings (SSSR count). The molecule has 1 amide bonds. The van der Waals surface area contributed by atoms with Gasteiger partial charge in [-0.2, -0.15) is 0 Å². The summed E-state index contributed by atoms with van der Waals surface area (Å²) in [6.45, 7) is 1.57. The Labute approximate surface area is 151 Å². The van der Waals surface area contributed by atoms with Crippen LogP contribution in [0.15, 0.2) is 48.5 Å². The van der Waals surface area contributed by atoms with Crippen molar-refractivity contribution in [3.05, 3.63) is 64.1 Å². The molecule has 0 aromatic heterocycles. The minimum absolute atomic E-state index is 0.181. The fourth-order valence-corrected chi connectivity index (χ4v) is 2.69.